The van der Waals surface area contributed by atoms with E-state index in [0.717, 1.165) is 6.42 Å². The Hall–Kier alpha value is -1.37. The van der Waals surface area contributed by atoms with Gasteiger partial charge < -0.3 is 14.6 Å². The number of hydrogen-bond acceptors (Lipinski definition) is 4. The summed E-state index contributed by atoms with van der Waals surface area (Å²) in [6.07, 6.45) is 1.39. The van der Waals surface area contributed by atoms with Crippen LogP contribution in [0.1, 0.15) is 47.5 Å². The maximum absolute atomic E-state index is 12.6. The van der Waals surface area contributed by atoms with Crippen LogP contribution in [0.3, 0.4) is 0 Å². The number of rotatable bonds is 4. The van der Waals surface area contributed by atoms with Gasteiger partial charge in [0.1, 0.15) is 12.1 Å². The molecule has 0 bridgehead atoms. The topological polar surface area (TPSA) is 75.7 Å². The van der Waals surface area contributed by atoms with E-state index < -0.39 is 20.4 Å². The Labute approximate surface area is 140 Å². The molecule has 2 atom stereocenters. The van der Waals surface area contributed by atoms with E-state index in [1.807, 2.05) is 13.1 Å². The van der Waals surface area contributed by atoms with Gasteiger partial charge in [-0.25, -0.2) is 0 Å². The Bertz CT molecular complexity index is 485. The molecule has 1 aliphatic heterocycles. The second kappa shape index (κ2) is 7.03. The van der Waals surface area contributed by atoms with Crippen molar-refractivity contribution in [3.8, 4) is 0 Å². The van der Waals surface area contributed by atoms with Crippen LogP contribution in [-0.4, -0.2) is 49.6 Å². The fourth-order valence-corrected chi connectivity index (χ4v) is 3.31. The Morgan fingerprint density at radius 1 is 1.26 bits per heavy atom. The lowest BCUT2D eigenvalue weighted by molar-refractivity contribution is -0.148. The molecule has 1 saturated heterocycles. The standard InChI is InChI=1S/C16H30N2O4Si/c1-11(17-12(2)19)14(20)18-10-8-9-13(18)15(21)22-23(6,7)16(3,4)5/h11,13H,8-10H2,1-7H3,(H,17,19). The van der Waals surface area contributed by atoms with Crippen LogP contribution in [-0.2, 0) is 18.8 Å². The summed E-state index contributed by atoms with van der Waals surface area (Å²) in [6.45, 7) is 13.8. The molecule has 6 nitrogen and oxygen atoms in total. The minimum absolute atomic E-state index is 0.0699. The van der Waals surface area contributed by atoms with Gasteiger partial charge in [-0.1, -0.05) is 20.8 Å². The molecule has 1 fully saturated rings. The second-order valence-electron chi connectivity index (χ2n) is 7.79. The Morgan fingerprint density at radius 3 is 2.30 bits per heavy atom. The molecule has 0 aromatic carbocycles. The molecule has 0 aliphatic carbocycles. The van der Waals surface area contributed by atoms with Gasteiger partial charge in [-0.2, -0.15) is 0 Å². The minimum Gasteiger partial charge on any atom is -0.518 e. The number of nitrogens with zero attached hydrogens (tertiary/aromatic N) is 1. The van der Waals surface area contributed by atoms with E-state index in [0.29, 0.717) is 13.0 Å². The Kier molecular flexibility index (Phi) is 6.01. The van der Waals surface area contributed by atoms with Crippen molar-refractivity contribution < 1.29 is 18.8 Å². The van der Waals surface area contributed by atoms with E-state index in [9.17, 15) is 14.4 Å². The third-order valence-corrected chi connectivity index (χ3v) is 9.08. The molecular weight excluding hydrogens is 312 g/mol. The predicted octanol–water partition coefficient (Wildman–Crippen LogP) is 2.05. The van der Waals surface area contributed by atoms with Crippen LogP contribution in [0.5, 0.6) is 0 Å². The molecule has 1 heterocycles. The fraction of sp³-hybridized carbons (Fsp3) is 0.812. The first-order valence-corrected chi connectivity index (χ1v) is 11.1. The molecule has 0 radical (unpaired) electrons. The van der Waals surface area contributed by atoms with E-state index in [1.54, 1.807) is 11.8 Å². The molecule has 23 heavy (non-hydrogen) atoms. The molecule has 132 valence electrons. The lowest BCUT2D eigenvalue weighted by Crippen LogP contribution is -2.52. The van der Waals surface area contributed by atoms with Crippen molar-refractivity contribution in [2.75, 3.05) is 6.54 Å². The lowest BCUT2D eigenvalue weighted by Gasteiger charge is -2.37. The van der Waals surface area contributed by atoms with Gasteiger partial charge in [-0.05, 0) is 37.9 Å². The number of carbonyl (C=O) groups is 3. The second-order valence-corrected chi connectivity index (χ2v) is 12.5. The van der Waals surface area contributed by atoms with Gasteiger partial charge in [0.2, 0.25) is 11.8 Å². The summed E-state index contributed by atoms with van der Waals surface area (Å²) < 4.78 is 5.85. The smallest absolute Gasteiger partial charge is 0.315 e. The van der Waals surface area contributed by atoms with Gasteiger partial charge in [0, 0.05) is 13.5 Å². The normalized spacial score (nSPS) is 20.1. The SMILES string of the molecule is CC(=O)NC(C)C(=O)N1CCCC1C(=O)O[Si](C)(C)C(C)(C)C. The summed E-state index contributed by atoms with van der Waals surface area (Å²) in [5.74, 6) is -0.794. The van der Waals surface area contributed by atoms with Gasteiger partial charge in [0.15, 0.2) is 0 Å². The highest BCUT2D eigenvalue weighted by Gasteiger charge is 2.44. The number of likely N-dealkylation sites (tertiary alicyclic amines) is 1. The van der Waals surface area contributed by atoms with Crippen molar-refractivity contribution in [3.63, 3.8) is 0 Å². The van der Waals surface area contributed by atoms with Gasteiger partial charge in [0.05, 0.1) is 0 Å². The average molecular weight is 343 g/mol. The summed E-state index contributed by atoms with van der Waals surface area (Å²) in [4.78, 5) is 37.7. The maximum Gasteiger partial charge on any atom is 0.315 e. The molecular formula is C16H30N2O4Si. The molecule has 0 aromatic heterocycles. The molecule has 1 rings (SSSR count). The zero-order valence-electron chi connectivity index (χ0n) is 15.4. The lowest BCUT2D eigenvalue weighted by atomic mass is 10.2. The predicted molar refractivity (Wildman–Crippen MR) is 91.3 cm³/mol. The number of amides is 2. The number of carbonyl (C=O) groups excluding carboxylic acids is 3. The molecule has 0 spiro atoms. The van der Waals surface area contributed by atoms with Crippen molar-refractivity contribution in [1.29, 1.82) is 0 Å². The fourth-order valence-electron chi connectivity index (χ4n) is 2.36. The summed E-state index contributed by atoms with van der Waals surface area (Å²) in [6, 6.07) is -1.17. The van der Waals surface area contributed by atoms with Crippen LogP contribution in [0.15, 0.2) is 0 Å². The zero-order valence-corrected chi connectivity index (χ0v) is 16.4. The molecule has 1 aliphatic rings. The van der Waals surface area contributed by atoms with Crippen molar-refractivity contribution in [1.82, 2.24) is 10.2 Å². The first-order chi connectivity index (χ1) is 10.4. The molecule has 0 saturated carbocycles. The highest BCUT2D eigenvalue weighted by Crippen LogP contribution is 2.37. The van der Waals surface area contributed by atoms with Crippen LogP contribution in [0.2, 0.25) is 18.1 Å². The van der Waals surface area contributed by atoms with E-state index in [4.69, 9.17) is 4.43 Å². The monoisotopic (exact) mass is 342 g/mol. The third-order valence-electron chi connectivity index (χ3n) is 4.76. The van der Waals surface area contributed by atoms with Gasteiger partial charge in [-0.15, -0.1) is 0 Å². The number of nitrogens with one attached hydrogen (secondary N) is 1. The van der Waals surface area contributed by atoms with Gasteiger partial charge >= 0.3 is 5.97 Å². The largest absolute Gasteiger partial charge is 0.518 e. The summed E-state index contributed by atoms with van der Waals surface area (Å²) in [7, 11) is -2.21. The number of hydrogen-bond donors (Lipinski definition) is 1. The van der Waals surface area contributed by atoms with E-state index >= 15 is 0 Å². The molecule has 7 heteroatoms. The molecule has 0 aromatic rings. The van der Waals surface area contributed by atoms with Crippen molar-refractivity contribution in [2.45, 2.75) is 77.7 Å². The highest BCUT2D eigenvalue weighted by molar-refractivity contribution is 6.75. The highest BCUT2D eigenvalue weighted by atomic mass is 28.4. The summed E-state index contributed by atoms with van der Waals surface area (Å²) >= 11 is 0. The van der Waals surface area contributed by atoms with Crippen LogP contribution < -0.4 is 5.32 Å². The molecule has 2 unspecified atom stereocenters. The van der Waals surface area contributed by atoms with Crippen LogP contribution in [0.4, 0.5) is 0 Å². The van der Waals surface area contributed by atoms with Crippen molar-refractivity contribution in [3.05, 3.63) is 0 Å². The first-order valence-electron chi connectivity index (χ1n) is 8.17. The zero-order chi connectivity index (χ0) is 18.0. The van der Waals surface area contributed by atoms with Crippen LogP contribution >= 0.6 is 0 Å². The summed E-state index contributed by atoms with van der Waals surface area (Å²) in [5.41, 5.74) is 0. The maximum atomic E-state index is 12.6. The summed E-state index contributed by atoms with van der Waals surface area (Å²) in [5, 5.41) is 2.51. The third kappa shape index (κ3) is 4.80. The Morgan fingerprint density at radius 2 is 1.83 bits per heavy atom. The van der Waals surface area contributed by atoms with E-state index in [2.05, 4.69) is 26.1 Å². The average Bonchev–Trinajstić information content (AvgIpc) is 2.84. The van der Waals surface area contributed by atoms with Crippen LogP contribution in [0.25, 0.3) is 0 Å². The van der Waals surface area contributed by atoms with Crippen molar-refractivity contribution >= 4 is 26.1 Å². The van der Waals surface area contributed by atoms with Gasteiger partial charge in [-0.3, -0.25) is 14.4 Å². The van der Waals surface area contributed by atoms with E-state index in [1.165, 1.54) is 6.92 Å². The molecule has 1 N–H and O–H groups in total. The van der Waals surface area contributed by atoms with Gasteiger partial charge in [0.25, 0.3) is 8.32 Å². The Balaban J connectivity index is 2.81. The quantitative estimate of drug-likeness (QED) is 0.793. The van der Waals surface area contributed by atoms with Crippen molar-refractivity contribution in [2.24, 2.45) is 0 Å². The first kappa shape index (κ1) is 19.7. The molecule has 2 amide bonds. The van der Waals surface area contributed by atoms with E-state index in [-0.39, 0.29) is 22.8 Å². The minimum atomic E-state index is -2.21. The van der Waals surface area contributed by atoms with Crippen LogP contribution in [0, 0.1) is 0 Å².